The van der Waals surface area contributed by atoms with E-state index in [0.29, 0.717) is 11.7 Å². The van der Waals surface area contributed by atoms with Crippen molar-refractivity contribution in [2.75, 3.05) is 12.9 Å². The van der Waals surface area contributed by atoms with Gasteiger partial charge in [0, 0.05) is 19.4 Å². The van der Waals surface area contributed by atoms with Gasteiger partial charge in [-0.3, -0.25) is 4.79 Å². The van der Waals surface area contributed by atoms with Gasteiger partial charge in [-0.25, -0.2) is 4.98 Å². The van der Waals surface area contributed by atoms with Crippen LogP contribution in [0.5, 0.6) is 5.75 Å². The van der Waals surface area contributed by atoms with Crippen LogP contribution in [0.4, 0.5) is 0 Å². The fraction of sp³-hybridized carbons (Fsp3) is 0.412. The number of hydrogen-bond acceptors (Lipinski definition) is 4. The van der Waals surface area contributed by atoms with Crippen LogP contribution in [-0.2, 0) is 11.8 Å². The van der Waals surface area contributed by atoms with E-state index in [2.05, 4.69) is 10.3 Å². The van der Waals surface area contributed by atoms with Crippen molar-refractivity contribution in [3.05, 3.63) is 42.2 Å². The van der Waals surface area contributed by atoms with Crippen LogP contribution >= 0.6 is 11.8 Å². The van der Waals surface area contributed by atoms with Crippen molar-refractivity contribution in [2.45, 2.75) is 24.0 Å². The lowest BCUT2D eigenvalue weighted by Gasteiger charge is -2.19. The molecule has 0 saturated heterocycles. The zero-order chi connectivity index (χ0) is 16.2. The highest BCUT2D eigenvalue weighted by atomic mass is 32.2. The van der Waals surface area contributed by atoms with Crippen LogP contribution in [0.15, 0.2) is 41.8 Å². The van der Waals surface area contributed by atoms with Crippen LogP contribution in [0.3, 0.4) is 0 Å². The maximum atomic E-state index is 12.3. The summed E-state index contributed by atoms with van der Waals surface area (Å²) in [7, 11) is 3.58. The molecule has 1 saturated carbocycles. The topological polar surface area (TPSA) is 56.1 Å². The largest absolute Gasteiger partial charge is 0.497 e. The number of methoxy groups -OCH3 is 1. The Morgan fingerprint density at radius 2 is 2.17 bits per heavy atom. The average molecular weight is 331 g/mol. The lowest BCUT2D eigenvalue weighted by Crippen LogP contribution is -2.31. The number of aryl methyl sites for hydroxylation is 1. The number of amides is 1. The first kappa shape index (κ1) is 15.9. The third kappa shape index (κ3) is 4.07. The lowest BCUT2D eigenvalue weighted by molar-refractivity contribution is -0.119. The van der Waals surface area contributed by atoms with Crippen molar-refractivity contribution in [1.82, 2.24) is 14.9 Å². The van der Waals surface area contributed by atoms with Crippen molar-refractivity contribution < 1.29 is 9.53 Å². The molecule has 1 aliphatic carbocycles. The molecule has 5 nitrogen and oxygen atoms in total. The van der Waals surface area contributed by atoms with E-state index >= 15 is 0 Å². The van der Waals surface area contributed by atoms with Crippen LogP contribution in [0.25, 0.3) is 0 Å². The van der Waals surface area contributed by atoms with Gasteiger partial charge in [-0.1, -0.05) is 23.9 Å². The molecule has 0 spiro atoms. The predicted octanol–water partition coefficient (Wildman–Crippen LogP) is 2.79. The van der Waals surface area contributed by atoms with E-state index in [1.165, 1.54) is 24.6 Å². The van der Waals surface area contributed by atoms with E-state index in [1.54, 1.807) is 13.3 Å². The fourth-order valence-corrected chi connectivity index (χ4v) is 3.29. The number of benzene rings is 1. The highest BCUT2D eigenvalue weighted by molar-refractivity contribution is 7.99. The van der Waals surface area contributed by atoms with Crippen LogP contribution in [0.1, 0.15) is 24.4 Å². The quantitative estimate of drug-likeness (QED) is 0.793. The summed E-state index contributed by atoms with van der Waals surface area (Å²) in [6.45, 7) is 0. The molecule has 1 unspecified atom stereocenters. The van der Waals surface area contributed by atoms with Gasteiger partial charge in [-0.15, -0.1) is 0 Å². The average Bonchev–Trinajstić information content (AvgIpc) is 3.33. The molecule has 0 bridgehead atoms. The maximum Gasteiger partial charge on any atom is 0.230 e. The van der Waals surface area contributed by atoms with E-state index < -0.39 is 0 Å². The molecule has 1 fully saturated rings. The Labute approximate surface area is 140 Å². The molecule has 1 aliphatic rings. The standard InChI is InChI=1S/C17H21N3O2S/c1-20-10-9-18-17(20)23-11-15(21)19-16(12-3-4-12)13-5-7-14(22-2)8-6-13/h5-10,12,16H,3-4,11H2,1-2H3,(H,19,21). The molecule has 3 rings (SSSR count). The molecule has 0 radical (unpaired) electrons. The number of rotatable bonds is 7. The zero-order valence-corrected chi connectivity index (χ0v) is 14.2. The molecule has 2 aromatic rings. The third-order valence-electron chi connectivity index (χ3n) is 3.99. The SMILES string of the molecule is COc1ccc(C(NC(=O)CSc2nccn2C)C2CC2)cc1. The van der Waals surface area contributed by atoms with Crippen molar-refractivity contribution in [3.8, 4) is 5.75 Å². The minimum atomic E-state index is 0.0470. The van der Waals surface area contributed by atoms with Gasteiger partial charge in [0.2, 0.25) is 5.91 Å². The fourth-order valence-electron chi connectivity index (χ4n) is 2.55. The van der Waals surface area contributed by atoms with Gasteiger partial charge in [-0.2, -0.15) is 0 Å². The molecule has 1 aromatic heterocycles. The number of carbonyl (C=O) groups is 1. The third-order valence-corrected chi connectivity index (χ3v) is 5.05. The summed E-state index contributed by atoms with van der Waals surface area (Å²) >= 11 is 1.46. The predicted molar refractivity (Wildman–Crippen MR) is 90.5 cm³/mol. The molecule has 23 heavy (non-hydrogen) atoms. The van der Waals surface area contributed by atoms with Crippen molar-refractivity contribution >= 4 is 17.7 Å². The Morgan fingerprint density at radius 3 is 2.74 bits per heavy atom. The number of nitrogens with zero attached hydrogens (tertiary/aromatic N) is 2. The first-order chi connectivity index (χ1) is 11.2. The van der Waals surface area contributed by atoms with Crippen LogP contribution in [-0.4, -0.2) is 28.3 Å². The van der Waals surface area contributed by atoms with E-state index in [4.69, 9.17) is 4.74 Å². The molecule has 1 atom stereocenters. The number of nitrogens with one attached hydrogen (secondary N) is 1. The number of carbonyl (C=O) groups excluding carboxylic acids is 1. The molecular formula is C17H21N3O2S. The van der Waals surface area contributed by atoms with Gasteiger partial charge < -0.3 is 14.6 Å². The lowest BCUT2D eigenvalue weighted by atomic mass is 10.0. The minimum absolute atomic E-state index is 0.0470. The summed E-state index contributed by atoms with van der Waals surface area (Å²) in [6.07, 6.45) is 5.96. The van der Waals surface area contributed by atoms with E-state index in [9.17, 15) is 4.79 Å². The number of imidazole rings is 1. The Balaban J connectivity index is 1.60. The molecular weight excluding hydrogens is 310 g/mol. The Morgan fingerprint density at radius 1 is 1.43 bits per heavy atom. The second-order valence-corrected chi connectivity index (χ2v) is 6.71. The summed E-state index contributed by atoms with van der Waals surface area (Å²) < 4.78 is 7.11. The number of ether oxygens (including phenoxy) is 1. The highest BCUT2D eigenvalue weighted by Gasteiger charge is 2.33. The number of hydrogen-bond donors (Lipinski definition) is 1. The smallest absolute Gasteiger partial charge is 0.230 e. The molecule has 6 heteroatoms. The Hall–Kier alpha value is -1.95. The Bertz CT molecular complexity index is 665. The van der Waals surface area contributed by atoms with Crippen molar-refractivity contribution in [3.63, 3.8) is 0 Å². The highest BCUT2D eigenvalue weighted by Crippen LogP contribution is 2.41. The molecule has 1 heterocycles. The molecule has 1 aromatic carbocycles. The van der Waals surface area contributed by atoms with Gasteiger partial charge >= 0.3 is 0 Å². The first-order valence-corrected chi connectivity index (χ1v) is 8.69. The van der Waals surface area contributed by atoms with Crippen LogP contribution in [0, 0.1) is 5.92 Å². The summed E-state index contributed by atoms with van der Waals surface area (Å²) in [5.41, 5.74) is 1.14. The molecule has 122 valence electrons. The number of aromatic nitrogens is 2. The summed E-state index contributed by atoms with van der Waals surface area (Å²) in [5, 5.41) is 4.03. The van der Waals surface area contributed by atoms with Crippen molar-refractivity contribution in [2.24, 2.45) is 13.0 Å². The zero-order valence-electron chi connectivity index (χ0n) is 13.4. The summed E-state index contributed by atoms with van der Waals surface area (Å²) in [4.78, 5) is 16.5. The molecule has 1 N–H and O–H groups in total. The van der Waals surface area contributed by atoms with E-state index in [0.717, 1.165) is 16.5 Å². The second kappa shape index (κ2) is 7.08. The summed E-state index contributed by atoms with van der Waals surface area (Å²) in [5.74, 6) is 1.81. The van der Waals surface area contributed by atoms with E-state index in [-0.39, 0.29) is 11.9 Å². The van der Waals surface area contributed by atoms with Gasteiger partial charge in [0.1, 0.15) is 5.75 Å². The maximum absolute atomic E-state index is 12.3. The Kier molecular flexibility index (Phi) is 4.91. The minimum Gasteiger partial charge on any atom is -0.497 e. The van der Waals surface area contributed by atoms with Gasteiger partial charge in [0.05, 0.1) is 18.9 Å². The monoisotopic (exact) mass is 331 g/mol. The number of thioether (sulfide) groups is 1. The second-order valence-electron chi connectivity index (χ2n) is 5.77. The van der Waals surface area contributed by atoms with Crippen molar-refractivity contribution in [1.29, 1.82) is 0 Å². The van der Waals surface area contributed by atoms with E-state index in [1.807, 2.05) is 42.1 Å². The van der Waals surface area contributed by atoms with Gasteiger partial charge in [0.25, 0.3) is 0 Å². The van der Waals surface area contributed by atoms with Crippen LogP contribution in [0.2, 0.25) is 0 Å². The van der Waals surface area contributed by atoms with Crippen LogP contribution < -0.4 is 10.1 Å². The normalized spacial score (nSPS) is 15.2. The molecule has 1 amide bonds. The summed E-state index contributed by atoms with van der Waals surface area (Å²) in [6, 6.07) is 8.05. The first-order valence-electron chi connectivity index (χ1n) is 7.71. The van der Waals surface area contributed by atoms with Gasteiger partial charge in [-0.05, 0) is 36.5 Å². The van der Waals surface area contributed by atoms with Gasteiger partial charge in [0.15, 0.2) is 5.16 Å². The molecule has 0 aliphatic heterocycles.